The standard InChI is InChI=1S/C28H42N2O4/c1-8-23(26(32)29(9-2)10-3)30(25(31)21-13-11-19(4)12-14-21)24-18-20(15-16-28(5,6)7)17-22(24)27(33)34/h18-19,21,23H,8-14,17H2,1-7H3,(H,33,34)/t19?,21?,23-/m0/s1. The van der Waals surface area contributed by atoms with Gasteiger partial charge in [0.1, 0.15) is 6.04 Å². The highest BCUT2D eigenvalue weighted by atomic mass is 16.4. The fourth-order valence-electron chi connectivity index (χ4n) is 4.69. The summed E-state index contributed by atoms with van der Waals surface area (Å²) in [6.07, 6.45) is 5.77. The van der Waals surface area contributed by atoms with Crippen LogP contribution in [0.15, 0.2) is 22.9 Å². The van der Waals surface area contributed by atoms with E-state index in [1.54, 1.807) is 11.0 Å². The highest BCUT2D eigenvalue weighted by molar-refractivity contribution is 5.95. The van der Waals surface area contributed by atoms with Crippen LogP contribution in [0.3, 0.4) is 0 Å². The quantitative estimate of drug-likeness (QED) is 0.506. The van der Waals surface area contributed by atoms with E-state index in [-0.39, 0.29) is 35.1 Å². The van der Waals surface area contributed by atoms with Crippen LogP contribution in [0, 0.1) is 29.1 Å². The molecule has 0 unspecified atom stereocenters. The Hall–Kier alpha value is -2.55. The number of nitrogens with zero attached hydrogens (tertiary/aromatic N) is 2. The molecule has 0 bridgehead atoms. The van der Waals surface area contributed by atoms with Gasteiger partial charge in [-0.05, 0) is 78.7 Å². The molecule has 6 heteroatoms. The van der Waals surface area contributed by atoms with Crippen LogP contribution in [0.25, 0.3) is 0 Å². The second kappa shape index (κ2) is 11.7. The second-order valence-electron chi connectivity index (χ2n) is 10.6. The van der Waals surface area contributed by atoms with Gasteiger partial charge in [0, 0.05) is 36.4 Å². The molecule has 1 N–H and O–H groups in total. The molecule has 0 aromatic carbocycles. The number of carboxylic acid groups (broad SMARTS) is 1. The molecule has 0 aliphatic heterocycles. The first-order valence-corrected chi connectivity index (χ1v) is 12.7. The van der Waals surface area contributed by atoms with Gasteiger partial charge in [0.2, 0.25) is 11.8 Å². The monoisotopic (exact) mass is 470 g/mol. The largest absolute Gasteiger partial charge is 0.478 e. The van der Waals surface area contributed by atoms with Crippen LogP contribution in [0.1, 0.15) is 87.0 Å². The van der Waals surface area contributed by atoms with Crippen molar-refractivity contribution in [2.75, 3.05) is 13.1 Å². The molecule has 0 saturated heterocycles. The Morgan fingerprint density at radius 1 is 1.09 bits per heavy atom. The molecule has 0 heterocycles. The summed E-state index contributed by atoms with van der Waals surface area (Å²) in [4.78, 5) is 43.0. The first kappa shape index (κ1) is 27.7. The lowest BCUT2D eigenvalue weighted by atomic mass is 9.82. The van der Waals surface area contributed by atoms with E-state index in [9.17, 15) is 19.5 Å². The average Bonchev–Trinajstić information content (AvgIpc) is 3.20. The number of amides is 2. The van der Waals surface area contributed by atoms with Gasteiger partial charge in [0.15, 0.2) is 0 Å². The molecular formula is C28H42N2O4. The van der Waals surface area contributed by atoms with E-state index < -0.39 is 12.0 Å². The SMILES string of the molecule is CC[C@@H](C(=O)N(CC)CC)N(C(=O)C1CCC(C)CC1)C1=C(C(=O)O)CC(C#CC(C)(C)C)=C1. The highest BCUT2D eigenvalue weighted by Crippen LogP contribution is 2.36. The molecule has 34 heavy (non-hydrogen) atoms. The molecule has 188 valence electrons. The van der Waals surface area contributed by atoms with Crippen molar-refractivity contribution in [2.45, 2.75) is 93.0 Å². The van der Waals surface area contributed by atoms with E-state index >= 15 is 0 Å². The highest BCUT2D eigenvalue weighted by Gasteiger charge is 2.40. The lowest BCUT2D eigenvalue weighted by molar-refractivity contribution is -0.146. The Labute approximate surface area is 205 Å². The van der Waals surface area contributed by atoms with Crippen LogP contribution < -0.4 is 0 Å². The second-order valence-corrected chi connectivity index (χ2v) is 10.6. The van der Waals surface area contributed by atoms with Crippen molar-refractivity contribution in [3.05, 3.63) is 22.9 Å². The molecule has 1 fully saturated rings. The predicted octanol–water partition coefficient (Wildman–Crippen LogP) is 5.01. The maximum atomic E-state index is 14.0. The Morgan fingerprint density at radius 3 is 2.15 bits per heavy atom. The number of hydrogen-bond acceptors (Lipinski definition) is 3. The topological polar surface area (TPSA) is 77.9 Å². The molecule has 2 aliphatic rings. The number of hydrogen-bond donors (Lipinski definition) is 1. The summed E-state index contributed by atoms with van der Waals surface area (Å²) in [5.74, 6) is 5.33. The summed E-state index contributed by atoms with van der Waals surface area (Å²) in [6, 6.07) is -0.734. The van der Waals surface area contributed by atoms with E-state index in [2.05, 4.69) is 18.8 Å². The number of carbonyl (C=O) groups is 3. The van der Waals surface area contributed by atoms with Crippen LogP contribution in [-0.4, -0.2) is 51.8 Å². The summed E-state index contributed by atoms with van der Waals surface area (Å²) >= 11 is 0. The lowest BCUT2D eigenvalue weighted by Gasteiger charge is -2.37. The van der Waals surface area contributed by atoms with Gasteiger partial charge < -0.3 is 10.0 Å². The van der Waals surface area contributed by atoms with Crippen LogP contribution in [0.4, 0.5) is 0 Å². The Morgan fingerprint density at radius 2 is 1.68 bits per heavy atom. The third-order valence-corrected chi connectivity index (χ3v) is 6.76. The number of aliphatic carboxylic acids is 1. The van der Waals surface area contributed by atoms with Gasteiger partial charge in [0.05, 0.1) is 11.3 Å². The summed E-state index contributed by atoms with van der Waals surface area (Å²) < 4.78 is 0. The smallest absolute Gasteiger partial charge is 0.334 e. The van der Waals surface area contributed by atoms with Crippen molar-refractivity contribution >= 4 is 17.8 Å². The van der Waals surface area contributed by atoms with E-state index in [1.165, 1.54) is 4.90 Å². The average molecular weight is 471 g/mol. The fraction of sp³-hybridized carbons (Fsp3) is 0.679. The fourth-order valence-corrected chi connectivity index (χ4v) is 4.69. The maximum absolute atomic E-state index is 14.0. The molecule has 0 aromatic heterocycles. The number of carbonyl (C=O) groups excluding carboxylic acids is 2. The molecule has 1 saturated carbocycles. The number of rotatable bonds is 8. The molecule has 2 rings (SSSR count). The van der Waals surface area contributed by atoms with Gasteiger partial charge in [0.25, 0.3) is 0 Å². The van der Waals surface area contributed by atoms with Gasteiger partial charge in [-0.3, -0.25) is 14.5 Å². The molecule has 2 amide bonds. The Bertz CT molecular complexity index is 901. The first-order chi connectivity index (χ1) is 15.9. The zero-order chi connectivity index (χ0) is 25.6. The van der Waals surface area contributed by atoms with Crippen molar-refractivity contribution in [1.29, 1.82) is 0 Å². The summed E-state index contributed by atoms with van der Waals surface area (Å²) in [5, 5.41) is 10.0. The van der Waals surface area contributed by atoms with E-state index in [4.69, 9.17) is 0 Å². The van der Waals surface area contributed by atoms with Crippen LogP contribution in [0.2, 0.25) is 0 Å². The van der Waals surface area contributed by atoms with Crippen molar-refractivity contribution in [1.82, 2.24) is 9.80 Å². The zero-order valence-electron chi connectivity index (χ0n) is 22.0. The maximum Gasteiger partial charge on any atom is 0.334 e. The van der Waals surface area contributed by atoms with Gasteiger partial charge in [-0.1, -0.05) is 25.7 Å². The normalized spacial score (nSPS) is 21.3. The molecule has 0 spiro atoms. The van der Waals surface area contributed by atoms with Gasteiger partial charge in [-0.2, -0.15) is 0 Å². The minimum Gasteiger partial charge on any atom is -0.478 e. The van der Waals surface area contributed by atoms with Crippen molar-refractivity contribution in [3.63, 3.8) is 0 Å². The third-order valence-electron chi connectivity index (χ3n) is 6.76. The van der Waals surface area contributed by atoms with Crippen molar-refractivity contribution in [3.8, 4) is 11.8 Å². The van der Waals surface area contributed by atoms with Crippen LogP contribution in [-0.2, 0) is 14.4 Å². The lowest BCUT2D eigenvalue weighted by Crippen LogP contribution is -2.52. The predicted molar refractivity (Wildman–Crippen MR) is 135 cm³/mol. The summed E-state index contributed by atoms with van der Waals surface area (Å²) in [5.41, 5.74) is 0.914. The van der Waals surface area contributed by atoms with Crippen LogP contribution >= 0.6 is 0 Å². The van der Waals surface area contributed by atoms with E-state index in [0.717, 1.165) is 25.7 Å². The van der Waals surface area contributed by atoms with E-state index in [1.807, 2.05) is 41.5 Å². The molecule has 2 aliphatic carbocycles. The Kier molecular flexibility index (Phi) is 9.55. The first-order valence-electron chi connectivity index (χ1n) is 12.7. The molecule has 1 atom stereocenters. The summed E-state index contributed by atoms with van der Waals surface area (Å²) in [7, 11) is 0. The van der Waals surface area contributed by atoms with Gasteiger partial charge in [-0.25, -0.2) is 4.79 Å². The number of allylic oxidation sites excluding steroid dienone is 2. The molecule has 6 nitrogen and oxygen atoms in total. The van der Waals surface area contributed by atoms with Gasteiger partial charge in [-0.15, -0.1) is 0 Å². The molecule has 0 aromatic rings. The summed E-state index contributed by atoms with van der Waals surface area (Å²) in [6.45, 7) is 15.0. The zero-order valence-corrected chi connectivity index (χ0v) is 22.0. The molecule has 0 radical (unpaired) electrons. The molecular weight excluding hydrogens is 428 g/mol. The third kappa shape index (κ3) is 6.74. The van der Waals surface area contributed by atoms with Gasteiger partial charge >= 0.3 is 5.97 Å². The minimum absolute atomic E-state index is 0.130. The Balaban J connectivity index is 2.59. The van der Waals surface area contributed by atoms with Crippen molar-refractivity contribution < 1.29 is 19.5 Å². The number of carboxylic acids is 1. The van der Waals surface area contributed by atoms with E-state index in [0.29, 0.717) is 36.7 Å². The number of likely N-dealkylation sites (N-methyl/N-ethyl adjacent to an activating group) is 1. The van der Waals surface area contributed by atoms with Crippen molar-refractivity contribution in [2.24, 2.45) is 17.3 Å². The minimum atomic E-state index is -1.07. The van der Waals surface area contributed by atoms with Crippen LogP contribution in [0.5, 0.6) is 0 Å².